The highest BCUT2D eigenvalue weighted by Gasteiger charge is 2.39. The summed E-state index contributed by atoms with van der Waals surface area (Å²) in [7, 11) is -3.74. The van der Waals surface area contributed by atoms with Crippen LogP contribution in [-0.2, 0) is 21.4 Å². The number of carbonyl (C=O) groups is 1. The molecule has 1 aliphatic rings. The van der Waals surface area contributed by atoms with Crippen molar-refractivity contribution in [1.29, 1.82) is 0 Å². The van der Waals surface area contributed by atoms with E-state index < -0.39 is 10.0 Å². The van der Waals surface area contributed by atoms with Crippen LogP contribution in [0.2, 0.25) is 0 Å². The van der Waals surface area contributed by atoms with E-state index >= 15 is 0 Å². The Balaban J connectivity index is 1.57. The van der Waals surface area contributed by atoms with Crippen molar-refractivity contribution in [3.8, 4) is 0 Å². The van der Waals surface area contributed by atoms with Crippen molar-refractivity contribution in [1.82, 2.24) is 9.62 Å². The lowest BCUT2D eigenvalue weighted by atomic mass is 9.90. The SMILES string of the molecule is O=C(NCc1ccccc1)C1CCC(c2ccccc2)N(S(=O)(=O)c2ccccc2)C1. The van der Waals surface area contributed by atoms with E-state index in [1.807, 2.05) is 60.7 Å². The molecule has 1 amide bonds. The van der Waals surface area contributed by atoms with E-state index in [1.54, 1.807) is 30.3 Å². The first-order chi connectivity index (χ1) is 15.1. The van der Waals surface area contributed by atoms with Crippen LogP contribution in [0.15, 0.2) is 95.9 Å². The van der Waals surface area contributed by atoms with Gasteiger partial charge in [0.2, 0.25) is 15.9 Å². The zero-order chi connectivity index (χ0) is 21.7. The lowest BCUT2D eigenvalue weighted by Crippen LogP contribution is -2.46. The van der Waals surface area contributed by atoms with Crippen LogP contribution in [0, 0.1) is 5.92 Å². The number of nitrogens with zero attached hydrogens (tertiary/aromatic N) is 1. The van der Waals surface area contributed by atoms with Gasteiger partial charge in [0.1, 0.15) is 0 Å². The quantitative estimate of drug-likeness (QED) is 0.634. The molecule has 1 heterocycles. The number of hydrogen-bond donors (Lipinski definition) is 1. The Morgan fingerprint density at radius 3 is 2.06 bits per heavy atom. The monoisotopic (exact) mass is 434 g/mol. The lowest BCUT2D eigenvalue weighted by Gasteiger charge is -2.38. The first-order valence-corrected chi connectivity index (χ1v) is 11.9. The molecule has 5 nitrogen and oxygen atoms in total. The molecule has 2 unspecified atom stereocenters. The number of amides is 1. The molecule has 0 aromatic heterocycles. The van der Waals surface area contributed by atoms with Gasteiger partial charge in [-0.15, -0.1) is 0 Å². The summed E-state index contributed by atoms with van der Waals surface area (Å²) in [6.45, 7) is 0.598. The summed E-state index contributed by atoms with van der Waals surface area (Å²) in [5.74, 6) is -0.495. The maximum Gasteiger partial charge on any atom is 0.243 e. The molecule has 1 aliphatic heterocycles. The van der Waals surface area contributed by atoms with E-state index in [0.29, 0.717) is 19.4 Å². The number of benzene rings is 3. The number of sulfonamides is 1. The fourth-order valence-electron chi connectivity index (χ4n) is 4.08. The first-order valence-electron chi connectivity index (χ1n) is 10.5. The maximum absolute atomic E-state index is 13.5. The van der Waals surface area contributed by atoms with Gasteiger partial charge in [0.15, 0.2) is 0 Å². The van der Waals surface area contributed by atoms with Crippen LogP contribution in [0.3, 0.4) is 0 Å². The number of hydrogen-bond acceptors (Lipinski definition) is 3. The van der Waals surface area contributed by atoms with Gasteiger partial charge in [-0.05, 0) is 36.1 Å². The van der Waals surface area contributed by atoms with Crippen LogP contribution in [0.25, 0.3) is 0 Å². The number of piperidine rings is 1. The minimum atomic E-state index is -3.74. The zero-order valence-corrected chi connectivity index (χ0v) is 18.0. The minimum Gasteiger partial charge on any atom is -0.352 e. The molecule has 0 spiro atoms. The topological polar surface area (TPSA) is 66.5 Å². The van der Waals surface area contributed by atoms with E-state index in [9.17, 15) is 13.2 Å². The second-order valence-corrected chi connectivity index (χ2v) is 9.68. The Morgan fingerprint density at radius 1 is 0.839 bits per heavy atom. The summed E-state index contributed by atoms with van der Waals surface area (Å²) in [5, 5.41) is 2.97. The van der Waals surface area contributed by atoms with Gasteiger partial charge in [-0.25, -0.2) is 8.42 Å². The molecule has 2 atom stereocenters. The molecule has 1 fully saturated rings. The summed E-state index contributed by atoms with van der Waals surface area (Å²) in [6.07, 6.45) is 1.24. The summed E-state index contributed by atoms with van der Waals surface area (Å²) in [5.41, 5.74) is 1.97. The average Bonchev–Trinajstić information content (AvgIpc) is 2.84. The van der Waals surface area contributed by atoms with Gasteiger partial charge < -0.3 is 5.32 Å². The van der Waals surface area contributed by atoms with E-state index in [-0.39, 0.29) is 29.3 Å². The summed E-state index contributed by atoms with van der Waals surface area (Å²) < 4.78 is 28.5. The highest BCUT2D eigenvalue weighted by Crippen LogP contribution is 2.37. The third kappa shape index (κ3) is 4.86. The highest BCUT2D eigenvalue weighted by atomic mass is 32.2. The highest BCUT2D eigenvalue weighted by molar-refractivity contribution is 7.89. The van der Waals surface area contributed by atoms with E-state index in [4.69, 9.17) is 0 Å². The molecule has 3 aromatic carbocycles. The molecule has 1 saturated heterocycles. The molecule has 31 heavy (non-hydrogen) atoms. The predicted octanol–water partition coefficient (Wildman–Crippen LogP) is 4.15. The normalized spacial score (nSPS) is 19.6. The molecular formula is C25H26N2O3S. The predicted molar refractivity (Wildman–Crippen MR) is 121 cm³/mol. The van der Waals surface area contributed by atoms with Crippen LogP contribution < -0.4 is 5.32 Å². The molecular weight excluding hydrogens is 408 g/mol. The molecule has 0 bridgehead atoms. The molecule has 0 radical (unpaired) electrons. The Morgan fingerprint density at radius 2 is 1.42 bits per heavy atom. The van der Waals surface area contributed by atoms with Crippen molar-refractivity contribution in [2.45, 2.75) is 30.3 Å². The van der Waals surface area contributed by atoms with Gasteiger partial charge in [-0.3, -0.25) is 4.79 Å². The third-order valence-electron chi connectivity index (χ3n) is 5.75. The largest absolute Gasteiger partial charge is 0.352 e. The average molecular weight is 435 g/mol. The van der Waals surface area contributed by atoms with Gasteiger partial charge in [-0.1, -0.05) is 78.9 Å². The van der Waals surface area contributed by atoms with Crippen molar-refractivity contribution in [3.05, 3.63) is 102 Å². The van der Waals surface area contributed by atoms with Crippen molar-refractivity contribution >= 4 is 15.9 Å². The summed E-state index contributed by atoms with van der Waals surface area (Å²) >= 11 is 0. The van der Waals surface area contributed by atoms with Crippen molar-refractivity contribution in [2.24, 2.45) is 5.92 Å². The van der Waals surface area contributed by atoms with Crippen LogP contribution >= 0.6 is 0 Å². The maximum atomic E-state index is 13.5. The molecule has 160 valence electrons. The summed E-state index contributed by atoms with van der Waals surface area (Å²) in [6, 6.07) is 27.5. The molecule has 1 N–H and O–H groups in total. The second-order valence-electron chi connectivity index (χ2n) is 7.79. The third-order valence-corrected chi connectivity index (χ3v) is 7.64. The van der Waals surface area contributed by atoms with E-state index in [1.165, 1.54) is 4.31 Å². The van der Waals surface area contributed by atoms with Crippen LogP contribution in [0.5, 0.6) is 0 Å². The van der Waals surface area contributed by atoms with E-state index in [0.717, 1.165) is 11.1 Å². The van der Waals surface area contributed by atoms with Crippen LogP contribution in [0.4, 0.5) is 0 Å². The van der Waals surface area contributed by atoms with Crippen molar-refractivity contribution in [2.75, 3.05) is 6.54 Å². The molecule has 3 aromatic rings. The zero-order valence-electron chi connectivity index (χ0n) is 17.2. The van der Waals surface area contributed by atoms with Crippen LogP contribution in [0.1, 0.15) is 30.0 Å². The smallest absolute Gasteiger partial charge is 0.243 e. The summed E-state index contributed by atoms with van der Waals surface area (Å²) in [4.78, 5) is 13.1. The molecule has 0 aliphatic carbocycles. The van der Waals surface area contributed by atoms with Gasteiger partial charge in [-0.2, -0.15) is 4.31 Å². The second kappa shape index (κ2) is 9.45. The van der Waals surface area contributed by atoms with E-state index in [2.05, 4.69) is 5.32 Å². The van der Waals surface area contributed by atoms with Crippen LogP contribution in [-0.4, -0.2) is 25.2 Å². The fraction of sp³-hybridized carbons (Fsp3) is 0.240. The van der Waals surface area contributed by atoms with Crippen molar-refractivity contribution in [3.63, 3.8) is 0 Å². The number of rotatable bonds is 6. The van der Waals surface area contributed by atoms with Gasteiger partial charge >= 0.3 is 0 Å². The Labute approximate surface area is 183 Å². The van der Waals surface area contributed by atoms with Gasteiger partial charge in [0.25, 0.3) is 0 Å². The fourth-order valence-corrected chi connectivity index (χ4v) is 5.79. The minimum absolute atomic E-state index is 0.108. The number of nitrogens with one attached hydrogen (secondary N) is 1. The molecule has 4 rings (SSSR count). The van der Waals surface area contributed by atoms with Crippen molar-refractivity contribution < 1.29 is 13.2 Å². The van der Waals surface area contributed by atoms with Gasteiger partial charge in [0, 0.05) is 13.1 Å². The molecule has 0 saturated carbocycles. The Hall–Kier alpha value is -2.96. The lowest BCUT2D eigenvalue weighted by molar-refractivity contribution is -0.126. The first kappa shape index (κ1) is 21.3. The van der Waals surface area contributed by atoms with Gasteiger partial charge in [0.05, 0.1) is 16.9 Å². The Kier molecular flexibility index (Phi) is 6.49. The Bertz CT molecular complexity index is 1100. The molecule has 6 heteroatoms. The standard InChI is InChI=1S/C25H26N2O3S/c28-25(26-18-20-10-4-1-5-11-20)22-16-17-24(21-12-6-2-7-13-21)27(19-22)31(29,30)23-14-8-3-9-15-23/h1-15,22,24H,16-19H2,(H,26,28). The number of carbonyl (C=O) groups excluding carboxylic acids is 1.